The molecular formula is C12H21N3O. The quantitative estimate of drug-likeness (QED) is 0.850. The van der Waals surface area contributed by atoms with E-state index >= 15 is 0 Å². The lowest BCUT2D eigenvalue weighted by Crippen LogP contribution is -2.18. The monoisotopic (exact) mass is 223 g/mol. The first-order chi connectivity index (χ1) is 7.32. The molecule has 0 radical (unpaired) electrons. The van der Waals surface area contributed by atoms with E-state index in [0.717, 1.165) is 11.5 Å². The van der Waals surface area contributed by atoms with Crippen LogP contribution in [0.5, 0.6) is 0 Å². The number of nitrogens with zero attached hydrogens (tertiary/aromatic N) is 2. The van der Waals surface area contributed by atoms with Crippen LogP contribution in [0.4, 0.5) is 5.82 Å². The molecule has 0 aliphatic carbocycles. The van der Waals surface area contributed by atoms with E-state index in [1.54, 1.807) is 7.11 Å². The van der Waals surface area contributed by atoms with E-state index in [2.05, 4.69) is 30.7 Å². The van der Waals surface area contributed by atoms with Crippen LogP contribution in [0.1, 0.15) is 39.2 Å². The van der Waals surface area contributed by atoms with Crippen LogP contribution < -0.4 is 5.73 Å². The highest BCUT2D eigenvalue weighted by Crippen LogP contribution is 2.21. The van der Waals surface area contributed by atoms with E-state index in [-0.39, 0.29) is 11.5 Å². The van der Waals surface area contributed by atoms with Gasteiger partial charge in [-0.2, -0.15) is 0 Å². The van der Waals surface area contributed by atoms with Gasteiger partial charge in [0.05, 0.1) is 11.8 Å². The van der Waals surface area contributed by atoms with Crippen molar-refractivity contribution in [1.29, 1.82) is 0 Å². The first-order valence-corrected chi connectivity index (χ1v) is 5.49. The number of ether oxygens (including phenoxy) is 1. The summed E-state index contributed by atoms with van der Waals surface area (Å²) in [4.78, 5) is 8.74. The first-order valence-electron chi connectivity index (χ1n) is 5.49. The molecule has 0 aromatic carbocycles. The van der Waals surface area contributed by atoms with Gasteiger partial charge in [-0.15, -0.1) is 0 Å². The molecule has 1 rings (SSSR count). The normalized spacial score (nSPS) is 13.8. The van der Waals surface area contributed by atoms with E-state index in [1.165, 1.54) is 0 Å². The number of hydrogen-bond donors (Lipinski definition) is 1. The lowest BCUT2D eigenvalue weighted by Gasteiger charge is -2.19. The van der Waals surface area contributed by atoms with Gasteiger partial charge >= 0.3 is 0 Å². The molecule has 1 aromatic rings. The van der Waals surface area contributed by atoms with Crippen LogP contribution in [0.15, 0.2) is 6.07 Å². The molecule has 1 unspecified atom stereocenters. The predicted molar refractivity (Wildman–Crippen MR) is 65.3 cm³/mol. The summed E-state index contributed by atoms with van der Waals surface area (Å²) in [7, 11) is 1.68. The second kappa shape index (κ2) is 4.78. The summed E-state index contributed by atoms with van der Waals surface area (Å²) in [5, 5.41) is 0. The van der Waals surface area contributed by atoms with Crippen molar-refractivity contribution in [2.24, 2.45) is 0 Å². The Kier molecular flexibility index (Phi) is 3.86. The van der Waals surface area contributed by atoms with Gasteiger partial charge in [0.1, 0.15) is 11.6 Å². The van der Waals surface area contributed by atoms with Crippen LogP contribution in [-0.4, -0.2) is 23.2 Å². The third-order valence-electron chi connectivity index (χ3n) is 2.43. The van der Waals surface area contributed by atoms with Crippen LogP contribution in [0.2, 0.25) is 0 Å². The SMILES string of the molecule is COC(C)Cc1nc(N)cc(C(C)(C)C)n1. The van der Waals surface area contributed by atoms with Gasteiger partial charge in [-0.05, 0) is 6.92 Å². The van der Waals surface area contributed by atoms with Gasteiger partial charge in [0.2, 0.25) is 0 Å². The highest BCUT2D eigenvalue weighted by molar-refractivity contribution is 5.32. The fourth-order valence-corrected chi connectivity index (χ4v) is 1.33. The molecule has 0 aliphatic rings. The number of rotatable bonds is 3. The molecule has 0 aliphatic heterocycles. The molecule has 1 atom stereocenters. The molecule has 0 fully saturated rings. The van der Waals surface area contributed by atoms with Crippen molar-refractivity contribution in [1.82, 2.24) is 9.97 Å². The molecule has 0 saturated carbocycles. The highest BCUT2D eigenvalue weighted by atomic mass is 16.5. The summed E-state index contributed by atoms with van der Waals surface area (Å²) in [5.41, 5.74) is 6.74. The lowest BCUT2D eigenvalue weighted by molar-refractivity contribution is 0.117. The van der Waals surface area contributed by atoms with E-state index in [9.17, 15) is 0 Å². The number of anilines is 1. The second-order valence-corrected chi connectivity index (χ2v) is 5.09. The average Bonchev–Trinajstić information content (AvgIpc) is 2.15. The predicted octanol–water partition coefficient (Wildman–Crippen LogP) is 1.93. The van der Waals surface area contributed by atoms with Gasteiger partial charge in [-0.1, -0.05) is 20.8 Å². The molecule has 0 saturated heterocycles. The van der Waals surface area contributed by atoms with Crippen molar-refractivity contribution in [2.75, 3.05) is 12.8 Å². The van der Waals surface area contributed by atoms with Crippen LogP contribution in [0.25, 0.3) is 0 Å². The summed E-state index contributed by atoms with van der Waals surface area (Å²) in [6.07, 6.45) is 0.791. The van der Waals surface area contributed by atoms with Gasteiger partial charge in [-0.3, -0.25) is 0 Å². The number of hydrogen-bond acceptors (Lipinski definition) is 4. The van der Waals surface area contributed by atoms with Gasteiger partial charge < -0.3 is 10.5 Å². The topological polar surface area (TPSA) is 61.0 Å². The van der Waals surface area contributed by atoms with Crippen molar-refractivity contribution in [3.63, 3.8) is 0 Å². The number of nitrogen functional groups attached to an aromatic ring is 1. The Morgan fingerprint density at radius 2 is 2.00 bits per heavy atom. The molecule has 4 nitrogen and oxygen atoms in total. The zero-order chi connectivity index (χ0) is 12.3. The molecule has 1 heterocycles. The summed E-state index contributed by atoms with van der Waals surface area (Å²) >= 11 is 0. The zero-order valence-electron chi connectivity index (χ0n) is 10.7. The van der Waals surface area contributed by atoms with E-state index < -0.39 is 0 Å². The Hall–Kier alpha value is -1.16. The summed E-state index contributed by atoms with van der Waals surface area (Å²) in [6, 6.07) is 1.83. The van der Waals surface area contributed by atoms with Gasteiger partial charge in [0.15, 0.2) is 0 Å². The maximum atomic E-state index is 5.78. The maximum Gasteiger partial charge on any atom is 0.133 e. The fraction of sp³-hybridized carbons (Fsp3) is 0.667. The minimum absolute atomic E-state index is 0.0118. The Bertz CT molecular complexity index is 358. The molecule has 16 heavy (non-hydrogen) atoms. The van der Waals surface area contributed by atoms with Crippen molar-refractivity contribution in [2.45, 2.75) is 45.6 Å². The van der Waals surface area contributed by atoms with Gasteiger partial charge in [0.25, 0.3) is 0 Å². The van der Waals surface area contributed by atoms with E-state index in [1.807, 2.05) is 13.0 Å². The maximum absolute atomic E-state index is 5.78. The number of aromatic nitrogens is 2. The Balaban J connectivity index is 2.99. The third kappa shape index (κ3) is 3.45. The minimum atomic E-state index is -0.0118. The zero-order valence-corrected chi connectivity index (χ0v) is 10.7. The van der Waals surface area contributed by atoms with Crippen molar-refractivity contribution < 1.29 is 4.74 Å². The molecule has 2 N–H and O–H groups in total. The Labute approximate surface area is 97.2 Å². The van der Waals surface area contributed by atoms with Crippen LogP contribution in [0.3, 0.4) is 0 Å². The number of nitrogens with two attached hydrogens (primary N) is 1. The standard InChI is InChI=1S/C12H21N3O/c1-8(16-5)6-11-14-9(12(2,3)4)7-10(13)15-11/h7-8H,6H2,1-5H3,(H2,13,14,15). The molecule has 1 aromatic heterocycles. The molecular weight excluding hydrogens is 202 g/mol. The van der Waals surface area contributed by atoms with Crippen LogP contribution in [-0.2, 0) is 16.6 Å². The summed E-state index contributed by atoms with van der Waals surface area (Å²) < 4.78 is 5.20. The molecule has 0 bridgehead atoms. The van der Waals surface area contributed by atoms with Gasteiger partial charge in [0, 0.05) is 25.0 Å². The Morgan fingerprint density at radius 1 is 1.38 bits per heavy atom. The van der Waals surface area contributed by atoms with Crippen LogP contribution >= 0.6 is 0 Å². The second-order valence-electron chi connectivity index (χ2n) is 5.09. The minimum Gasteiger partial charge on any atom is -0.384 e. The highest BCUT2D eigenvalue weighted by Gasteiger charge is 2.18. The van der Waals surface area contributed by atoms with Gasteiger partial charge in [-0.25, -0.2) is 9.97 Å². The average molecular weight is 223 g/mol. The van der Waals surface area contributed by atoms with E-state index in [0.29, 0.717) is 12.2 Å². The molecule has 4 heteroatoms. The van der Waals surface area contributed by atoms with Crippen molar-refractivity contribution >= 4 is 5.82 Å². The molecule has 0 amide bonds. The van der Waals surface area contributed by atoms with Crippen molar-refractivity contribution in [3.8, 4) is 0 Å². The Morgan fingerprint density at radius 3 is 2.50 bits per heavy atom. The third-order valence-corrected chi connectivity index (χ3v) is 2.43. The lowest BCUT2D eigenvalue weighted by atomic mass is 9.92. The summed E-state index contributed by atoms with van der Waals surface area (Å²) in [5.74, 6) is 1.28. The van der Waals surface area contributed by atoms with E-state index in [4.69, 9.17) is 10.5 Å². The molecule has 90 valence electrons. The first kappa shape index (κ1) is 12.9. The number of methoxy groups -OCH3 is 1. The fourth-order valence-electron chi connectivity index (χ4n) is 1.33. The van der Waals surface area contributed by atoms with Crippen molar-refractivity contribution in [3.05, 3.63) is 17.6 Å². The summed E-state index contributed by atoms with van der Waals surface area (Å²) in [6.45, 7) is 8.32. The smallest absolute Gasteiger partial charge is 0.133 e. The largest absolute Gasteiger partial charge is 0.384 e. The molecule has 0 spiro atoms. The van der Waals surface area contributed by atoms with Crippen LogP contribution in [0, 0.1) is 0 Å².